The predicted octanol–water partition coefficient (Wildman–Crippen LogP) is 4.22. The smallest absolute Gasteiger partial charge is 0.219 e. The highest BCUT2D eigenvalue weighted by Crippen LogP contribution is 2.21. The zero-order valence-corrected chi connectivity index (χ0v) is 13.4. The van der Waals surface area contributed by atoms with Gasteiger partial charge in [0.15, 0.2) is 0 Å². The van der Waals surface area contributed by atoms with Gasteiger partial charge in [0.05, 0.1) is 0 Å². The number of hydrogen-bond donors (Lipinski definition) is 2. The Morgan fingerprint density at radius 2 is 1.76 bits per heavy atom. The first-order chi connectivity index (χ1) is 10.1. The van der Waals surface area contributed by atoms with Crippen molar-refractivity contribution in [3.63, 3.8) is 0 Å². The van der Waals surface area contributed by atoms with E-state index < -0.39 is 0 Å². The molecule has 0 atom stereocenters. The topological polar surface area (TPSA) is 41.1 Å². The van der Waals surface area contributed by atoms with Crippen LogP contribution in [-0.4, -0.2) is 19.5 Å². The van der Waals surface area contributed by atoms with Crippen molar-refractivity contribution in [1.29, 1.82) is 0 Å². The molecule has 21 heavy (non-hydrogen) atoms. The summed E-state index contributed by atoms with van der Waals surface area (Å²) in [6, 6.07) is 8.30. The zero-order chi connectivity index (χ0) is 15.5. The Balaban J connectivity index is 2.12. The van der Waals surface area contributed by atoms with Crippen molar-refractivity contribution >= 4 is 17.2 Å². The number of para-hydroxylation sites is 1. The lowest BCUT2D eigenvalue weighted by Crippen LogP contribution is -2.16. The third kappa shape index (κ3) is 6.98. The van der Waals surface area contributed by atoms with Gasteiger partial charge in [-0.05, 0) is 37.0 Å². The minimum atomic E-state index is 0.146. The quantitative estimate of drug-likeness (QED) is 0.633. The molecule has 0 heterocycles. The van der Waals surface area contributed by atoms with E-state index >= 15 is 0 Å². The van der Waals surface area contributed by atoms with E-state index in [1.165, 1.54) is 24.1 Å². The van der Waals surface area contributed by atoms with Gasteiger partial charge in [0.25, 0.3) is 0 Å². The van der Waals surface area contributed by atoms with E-state index in [4.69, 9.17) is 0 Å². The van der Waals surface area contributed by atoms with Crippen LogP contribution < -0.4 is 10.6 Å². The fourth-order valence-electron chi connectivity index (χ4n) is 2.30. The fraction of sp³-hybridized carbons (Fsp3) is 0.500. The minimum Gasteiger partial charge on any atom is -0.385 e. The molecule has 3 nitrogen and oxygen atoms in total. The summed E-state index contributed by atoms with van der Waals surface area (Å²) < 4.78 is 0. The second-order valence-electron chi connectivity index (χ2n) is 5.44. The summed E-state index contributed by atoms with van der Waals surface area (Å²) in [5.74, 6) is 0.146. The summed E-state index contributed by atoms with van der Waals surface area (Å²) >= 11 is 0. The number of nitrogens with one attached hydrogen (secondary N) is 2. The number of allylic oxidation sites excluding steroid dienone is 1. The van der Waals surface area contributed by atoms with E-state index in [1.807, 2.05) is 19.1 Å². The van der Waals surface area contributed by atoms with E-state index in [-0.39, 0.29) is 5.91 Å². The molecule has 1 amide bonds. The molecule has 3 heteroatoms. The van der Waals surface area contributed by atoms with Crippen LogP contribution in [0.15, 0.2) is 30.8 Å². The van der Waals surface area contributed by atoms with Crippen molar-refractivity contribution in [3.05, 3.63) is 36.4 Å². The van der Waals surface area contributed by atoms with Crippen LogP contribution >= 0.6 is 0 Å². The third-order valence-electron chi connectivity index (χ3n) is 3.56. The van der Waals surface area contributed by atoms with Gasteiger partial charge < -0.3 is 10.6 Å². The van der Waals surface area contributed by atoms with Gasteiger partial charge in [-0.2, -0.15) is 0 Å². The van der Waals surface area contributed by atoms with Crippen molar-refractivity contribution in [3.8, 4) is 0 Å². The van der Waals surface area contributed by atoms with Gasteiger partial charge in [0, 0.05) is 25.7 Å². The summed E-state index contributed by atoms with van der Waals surface area (Å²) in [4.78, 5) is 11.1. The average Bonchev–Trinajstić information content (AvgIpc) is 2.49. The van der Waals surface area contributed by atoms with Gasteiger partial charge in [-0.1, -0.05) is 44.0 Å². The van der Waals surface area contributed by atoms with Crippen LogP contribution in [0.3, 0.4) is 0 Å². The van der Waals surface area contributed by atoms with Crippen LogP contribution in [0, 0.1) is 0 Å². The van der Waals surface area contributed by atoms with Gasteiger partial charge in [-0.3, -0.25) is 4.79 Å². The number of unbranched alkanes of at least 4 members (excludes halogenated alkanes) is 4. The van der Waals surface area contributed by atoms with Crippen molar-refractivity contribution in [2.24, 2.45) is 0 Å². The average molecular weight is 288 g/mol. The summed E-state index contributed by atoms with van der Waals surface area (Å²) in [6.07, 6.45) is 6.34. The molecule has 0 spiro atoms. The Bertz CT molecular complexity index is 454. The Morgan fingerprint density at radius 1 is 1.10 bits per heavy atom. The van der Waals surface area contributed by atoms with Crippen molar-refractivity contribution in [2.75, 3.05) is 18.9 Å². The van der Waals surface area contributed by atoms with Crippen LogP contribution in [0.25, 0.3) is 5.57 Å². The molecule has 0 aromatic heterocycles. The van der Waals surface area contributed by atoms with E-state index in [2.05, 4.69) is 29.3 Å². The molecule has 0 saturated carbocycles. The highest BCUT2D eigenvalue weighted by atomic mass is 16.1. The Morgan fingerprint density at radius 3 is 2.48 bits per heavy atom. The number of benzene rings is 1. The number of anilines is 1. The highest BCUT2D eigenvalue weighted by Gasteiger charge is 2.01. The van der Waals surface area contributed by atoms with E-state index in [0.29, 0.717) is 6.42 Å². The number of carbonyl (C=O) groups is 1. The molecule has 1 rings (SSSR count). The second-order valence-corrected chi connectivity index (χ2v) is 5.44. The summed E-state index contributed by atoms with van der Waals surface area (Å²) in [5.41, 5.74) is 3.46. The predicted molar refractivity (Wildman–Crippen MR) is 91.4 cm³/mol. The number of amides is 1. The van der Waals surface area contributed by atoms with E-state index in [1.54, 1.807) is 7.05 Å². The van der Waals surface area contributed by atoms with Crippen LogP contribution in [-0.2, 0) is 4.79 Å². The van der Waals surface area contributed by atoms with Crippen molar-refractivity contribution < 1.29 is 4.79 Å². The summed E-state index contributed by atoms with van der Waals surface area (Å²) in [7, 11) is 1.69. The molecule has 0 aliphatic heterocycles. The monoisotopic (exact) mass is 288 g/mol. The maximum atomic E-state index is 11.1. The molecule has 0 bridgehead atoms. The molecular formula is C18H28N2O. The number of hydrogen-bond acceptors (Lipinski definition) is 2. The number of carbonyl (C=O) groups excluding carboxylic acids is 1. The lowest BCUT2D eigenvalue weighted by molar-refractivity contribution is -0.120. The molecule has 1 aromatic carbocycles. The van der Waals surface area contributed by atoms with Crippen molar-refractivity contribution in [2.45, 2.75) is 45.4 Å². The molecule has 0 unspecified atom stereocenters. The van der Waals surface area contributed by atoms with Crippen LogP contribution in [0.5, 0.6) is 0 Å². The molecule has 0 fully saturated rings. The van der Waals surface area contributed by atoms with Crippen LogP contribution in [0.2, 0.25) is 0 Å². The standard InChI is InChI=1S/C18H28N2O/c1-15(2)16-11-8-9-12-17(16)20-14-10-6-4-5-7-13-18(21)19-3/h8-9,11-12,20H,1,4-7,10,13-14H2,2-3H3,(H,19,21). The maximum Gasteiger partial charge on any atom is 0.219 e. The van der Waals surface area contributed by atoms with Gasteiger partial charge in [-0.15, -0.1) is 0 Å². The lowest BCUT2D eigenvalue weighted by atomic mass is 10.1. The van der Waals surface area contributed by atoms with Gasteiger partial charge in [0.1, 0.15) is 0 Å². The van der Waals surface area contributed by atoms with Gasteiger partial charge in [0.2, 0.25) is 5.91 Å². The Hall–Kier alpha value is -1.77. The minimum absolute atomic E-state index is 0.146. The fourth-order valence-corrected chi connectivity index (χ4v) is 2.30. The molecule has 0 aliphatic carbocycles. The molecule has 2 N–H and O–H groups in total. The lowest BCUT2D eigenvalue weighted by Gasteiger charge is -2.11. The molecule has 1 aromatic rings. The van der Waals surface area contributed by atoms with Crippen LogP contribution in [0.4, 0.5) is 5.69 Å². The Labute approximate surface area is 128 Å². The molecule has 0 radical (unpaired) electrons. The second kappa shape index (κ2) is 10.0. The number of rotatable bonds is 10. The summed E-state index contributed by atoms with van der Waals surface area (Å²) in [6.45, 7) is 7.03. The van der Waals surface area contributed by atoms with Crippen molar-refractivity contribution in [1.82, 2.24) is 5.32 Å². The molecule has 0 aliphatic rings. The highest BCUT2D eigenvalue weighted by molar-refractivity contribution is 5.75. The first kappa shape index (κ1) is 17.3. The molecular weight excluding hydrogens is 260 g/mol. The van der Waals surface area contributed by atoms with E-state index in [0.717, 1.165) is 31.4 Å². The normalized spacial score (nSPS) is 10.2. The maximum absolute atomic E-state index is 11.1. The summed E-state index contributed by atoms with van der Waals surface area (Å²) in [5, 5.41) is 6.14. The first-order valence-corrected chi connectivity index (χ1v) is 7.84. The van der Waals surface area contributed by atoms with Gasteiger partial charge >= 0.3 is 0 Å². The molecule has 0 saturated heterocycles. The van der Waals surface area contributed by atoms with Crippen LogP contribution in [0.1, 0.15) is 51.0 Å². The molecule has 116 valence electrons. The Kier molecular flexibility index (Phi) is 8.25. The third-order valence-corrected chi connectivity index (χ3v) is 3.56. The SMILES string of the molecule is C=C(C)c1ccccc1NCCCCCCCC(=O)NC. The zero-order valence-electron chi connectivity index (χ0n) is 13.4. The first-order valence-electron chi connectivity index (χ1n) is 7.84. The van der Waals surface area contributed by atoms with E-state index in [9.17, 15) is 4.79 Å². The van der Waals surface area contributed by atoms with Gasteiger partial charge in [-0.25, -0.2) is 0 Å². The largest absolute Gasteiger partial charge is 0.385 e.